The summed E-state index contributed by atoms with van der Waals surface area (Å²) < 4.78 is 27.1. The van der Waals surface area contributed by atoms with Gasteiger partial charge in [0.05, 0.1) is 30.9 Å². The SMILES string of the molecule is CS(=O)(=O)NC[C@@H]1CN(C(=O)/C=C/c2cccs2)Cc2cncn21. The molecule has 1 aliphatic rings. The van der Waals surface area contributed by atoms with Crippen LogP contribution in [0.1, 0.15) is 16.6 Å². The highest BCUT2D eigenvalue weighted by Gasteiger charge is 2.27. The molecule has 0 fully saturated rings. The maximum absolute atomic E-state index is 12.4. The van der Waals surface area contributed by atoms with Gasteiger partial charge >= 0.3 is 0 Å². The van der Waals surface area contributed by atoms with E-state index in [0.29, 0.717) is 13.1 Å². The summed E-state index contributed by atoms with van der Waals surface area (Å²) in [4.78, 5) is 19.3. The van der Waals surface area contributed by atoms with Crippen molar-refractivity contribution in [2.45, 2.75) is 12.6 Å². The minimum Gasteiger partial charge on any atom is -0.331 e. The van der Waals surface area contributed by atoms with Gasteiger partial charge in [-0.15, -0.1) is 11.3 Å². The Morgan fingerprint density at radius 3 is 3.08 bits per heavy atom. The van der Waals surface area contributed by atoms with Crippen LogP contribution in [0.15, 0.2) is 36.1 Å². The van der Waals surface area contributed by atoms with E-state index in [1.165, 1.54) is 0 Å². The second-order valence-electron chi connectivity index (χ2n) is 5.63. The molecule has 3 heterocycles. The average Bonchev–Trinajstić information content (AvgIpc) is 3.20. The normalized spacial score (nSPS) is 18.0. The molecule has 1 aliphatic heterocycles. The van der Waals surface area contributed by atoms with Gasteiger partial charge in [-0.05, 0) is 17.5 Å². The summed E-state index contributed by atoms with van der Waals surface area (Å²) >= 11 is 1.56. The van der Waals surface area contributed by atoms with Gasteiger partial charge in [-0.1, -0.05) is 6.07 Å². The number of nitrogens with one attached hydrogen (secondary N) is 1. The lowest BCUT2D eigenvalue weighted by Crippen LogP contribution is -2.44. The number of rotatable bonds is 5. The molecule has 128 valence electrons. The Morgan fingerprint density at radius 2 is 2.38 bits per heavy atom. The number of amides is 1. The standard InChI is InChI=1S/C15H18N4O3S2/c1-24(21,22)17-8-13-10-18(9-12-7-16-11-19(12)13)15(20)5-4-14-3-2-6-23-14/h2-7,11,13,17H,8-10H2,1H3/b5-4+/t13-/m1/s1. The fourth-order valence-electron chi connectivity index (χ4n) is 2.61. The first-order chi connectivity index (χ1) is 11.4. The molecule has 9 heteroatoms. The summed E-state index contributed by atoms with van der Waals surface area (Å²) in [5.74, 6) is -0.0970. The Balaban J connectivity index is 1.73. The first-order valence-corrected chi connectivity index (χ1v) is 10.2. The summed E-state index contributed by atoms with van der Waals surface area (Å²) in [7, 11) is -3.29. The molecule has 3 rings (SSSR count). The molecule has 0 aliphatic carbocycles. The van der Waals surface area contributed by atoms with E-state index in [1.807, 2.05) is 22.1 Å². The lowest BCUT2D eigenvalue weighted by Gasteiger charge is -2.34. The maximum atomic E-state index is 12.4. The highest BCUT2D eigenvalue weighted by Crippen LogP contribution is 2.21. The third kappa shape index (κ3) is 4.11. The van der Waals surface area contributed by atoms with E-state index in [4.69, 9.17) is 0 Å². The third-order valence-electron chi connectivity index (χ3n) is 3.75. The first kappa shape index (κ1) is 16.9. The average molecular weight is 366 g/mol. The van der Waals surface area contributed by atoms with E-state index < -0.39 is 10.0 Å². The monoisotopic (exact) mass is 366 g/mol. The minimum atomic E-state index is -3.29. The Bertz CT molecular complexity index is 840. The quantitative estimate of drug-likeness (QED) is 0.803. The predicted molar refractivity (Wildman–Crippen MR) is 92.9 cm³/mol. The largest absolute Gasteiger partial charge is 0.331 e. The number of hydrogen-bond donors (Lipinski definition) is 1. The highest BCUT2D eigenvalue weighted by molar-refractivity contribution is 7.88. The molecule has 2 aromatic heterocycles. The van der Waals surface area contributed by atoms with Crippen molar-refractivity contribution < 1.29 is 13.2 Å². The molecule has 0 unspecified atom stereocenters. The number of carbonyl (C=O) groups is 1. The van der Waals surface area contributed by atoms with Crippen molar-refractivity contribution in [3.05, 3.63) is 46.7 Å². The lowest BCUT2D eigenvalue weighted by molar-refractivity contribution is -0.127. The van der Waals surface area contributed by atoms with Crippen molar-refractivity contribution in [1.82, 2.24) is 19.2 Å². The highest BCUT2D eigenvalue weighted by atomic mass is 32.2. The molecule has 0 saturated carbocycles. The van der Waals surface area contributed by atoms with Crippen LogP contribution in [0.4, 0.5) is 0 Å². The van der Waals surface area contributed by atoms with Gasteiger partial charge in [-0.2, -0.15) is 0 Å². The summed E-state index contributed by atoms with van der Waals surface area (Å²) in [5.41, 5.74) is 0.888. The summed E-state index contributed by atoms with van der Waals surface area (Å²) in [5, 5.41) is 1.95. The van der Waals surface area contributed by atoms with Crippen molar-refractivity contribution in [3.8, 4) is 0 Å². The van der Waals surface area contributed by atoms with Crippen molar-refractivity contribution in [3.63, 3.8) is 0 Å². The Labute approximate surface area is 144 Å². The molecule has 0 radical (unpaired) electrons. The third-order valence-corrected chi connectivity index (χ3v) is 5.28. The fourth-order valence-corrected chi connectivity index (χ4v) is 3.72. The number of sulfonamides is 1. The van der Waals surface area contributed by atoms with Crippen LogP contribution in [0, 0.1) is 0 Å². The van der Waals surface area contributed by atoms with E-state index in [2.05, 4.69) is 9.71 Å². The first-order valence-electron chi connectivity index (χ1n) is 7.38. The van der Waals surface area contributed by atoms with Gasteiger partial charge in [0.15, 0.2) is 0 Å². The number of thiophene rings is 1. The summed E-state index contributed by atoms with van der Waals surface area (Å²) in [6.45, 7) is 1.11. The second kappa shape index (κ2) is 6.88. The number of aromatic nitrogens is 2. The fraction of sp³-hybridized carbons (Fsp3) is 0.333. The smallest absolute Gasteiger partial charge is 0.247 e. The van der Waals surface area contributed by atoms with E-state index in [9.17, 15) is 13.2 Å². The van der Waals surface area contributed by atoms with Crippen LogP contribution in [0.2, 0.25) is 0 Å². The number of carbonyl (C=O) groups excluding carboxylic acids is 1. The van der Waals surface area contributed by atoms with Crippen molar-refractivity contribution in [2.75, 3.05) is 19.3 Å². The summed E-state index contributed by atoms with van der Waals surface area (Å²) in [6.07, 6.45) is 7.85. The van der Waals surface area contributed by atoms with Gasteiger partial charge in [-0.3, -0.25) is 4.79 Å². The van der Waals surface area contributed by atoms with Gasteiger partial charge in [-0.25, -0.2) is 18.1 Å². The second-order valence-corrected chi connectivity index (χ2v) is 8.45. The molecule has 1 amide bonds. The molecule has 0 spiro atoms. The molecular formula is C15H18N4O3S2. The number of imidazole rings is 1. The van der Waals surface area contributed by atoms with E-state index >= 15 is 0 Å². The van der Waals surface area contributed by atoms with E-state index in [1.54, 1.807) is 40.9 Å². The van der Waals surface area contributed by atoms with E-state index in [0.717, 1.165) is 16.8 Å². The molecule has 0 aromatic carbocycles. The van der Waals surface area contributed by atoms with Gasteiger partial charge in [0.1, 0.15) is 0 Å². The zero-order chi connectivity index (χ0) is 17.2. The van der Waals surface area contributed by atoms with Crippen LogP contribution in [0.3, 0.4) is 0 Å². The predicted octanol–water partition coefficient (Wildman–Crippen LogP) is 1.09. The van der Waals surface area contributed by atoms with Gasteiger partial charge < -0.3 is 9.47 Å². The van der Waals surface area contributed by atoms with Crippen molar-refractivity contribution >= 4 is 33.3 Å². The van der Waals surface area contributed by atoms with Crippen LogP contribution in [-0.4, -0.2) is 48.1 Å². The number of hydrogen-bond acceptors (Lipinski definition) is 5. The van der Waals surface area contributed by atoms with Crippen LogP contribution in [0.25, 0.3) is 6.08 Å². The Hall–Kier alpha value is -1.97. The number of fused-ring (bicyclic) bond motifs is 1. The van der Waals surface area contributed by atoms with Crippen LogP contribution in [0.5, 0.6) is 0 Å². The zero-order valence-corrected chi connectivity index (χ0v) is 14.8. The van der Waals surface area contributed by atoms with Gasteiger partial charge in [0.25, 0.3) is 0 Å². The minimum absolute atomic E-state index is 0.0970. The van der Waals surface area contributed by atoms with Gasteiger partial charge in [0.2, 0.25) is 15.9 Å². The molecule has 1 N–H and O–H groups in total. The lowest BCUT2D eigenvalue weighted by atomic mass is 10.2. The molecule has 0 bridgehead atoms. The number of nitrogens with zero attached hydrogens (tertiary/aromatic N) is 3. The molecule has 0 saturated heterocycles. The van der Waals surface area contributed by atoms with Crippen LogP contribution < -0.4 is 4.72 Å². The zero-order valence-electron chi connectivity index (χ0n) is 13.1. The van der Waals surface area contributed by atoms with Crippen LogP contribution >= 0.6 is 11.3 Å². The maximum Gasteiger partial charge on any atom is 0.247 e. The molecule has 2 aromatic rings. The Kier molecular flexibility index (Phi) is 4.83. The summed E-state index contributed by atoms with van der Waals surface area (Å²) in [6, 6.07) is 3.70. The van der Waals surface area contributed by atoms with E-state index in [-0.39, 0.29) is 18.5 Å². The van der Waals surface area contributed by atoms with Crippen molar-refractivity contribution in [1.29, 1.82) is 0 Å². The van der Waals surface area contributed by atoms with Gasteiger partial charge in [0, 0.05) is 30.2 Å². The molecule has 1 atom stereocenters. The molecule has 7 nitrogen and oxygen atoms in total. The van der Waals surface area contributed by atoms with Crippen LogP contribution in [-0.2, 0) is 21.4 Å². The Morgan fingerprint density at radius 1 is 1.54 bits per heavy atom. The topological polar surface area (TPSA) is 84.3 Å². The molecule has 24 heavy (non-hydrogen) atoms. The van der Waals surface area contributed by atoms with Crippen molar-refractivity contribution in [2.24, 2.45) is 0 Å². The molecular weight excluding hydrogens is 348 g/mol.